The van der Waals surface area contributed by atoms with Gasteiger partial charge in [-0.2, -0.15) is 0 Å². The molecule has 0 aliphatic heterocycles. The molecule has 1 fully saturated rings. The molecule has 1 aliphatic carbocycles. The van der Waals surface area contributed by atoms with Gasteiger partial charge in [-0.05, 0) is 62.9 Å². The van der Waals surface area contributed by atoms with E-state index in [0.29, 0.717) is 17.9 Å². The molecule has 9 heteroatoms. The molecule has 0 radical (unpaired) electrons. The SMILES string of the molecule is COc1cccc(N(CC(=O)N(CCc2ccccc2)C(C)C(=O)NC2CCCC2)S(=O)(=O)c2ccc(C)cc2)c1. The molecule has 3 aromatic rings. The maximum atomic E-state index is 14.0. The molecule has 1 N–H and O–H groups in total. The van der Waals surface area contributed by atoms with E-state index in [1.807, 2.05) is 37.3 Å². The summed E-state index contributed by atoms with van der Waals surface area (Å²) in [4.78, 5) is 28.9. The van der Waals surface area contributed by atoms with Crippen LogP contribution >= 0.6 is 0 Å². The van der Waals surface area contributed by atoms with E-state index in [1.165, 1.54) is 24.1 Å². The van der Waals surface area contributed by atoms with Crippen LogP contribution in [0.3, 0.4) is 0 Å². The third-order valence-electron chi connectivity index (χ3n) is 7.58. The quantitative estimate of drug-likeness (QED) is 0.336. The number of amides is 2. The zero-order chi connectivity index (χ0) is 29.4. The van der Waals surface area contributed by atoms with Crippen LogP contribution in [0, 0.1) is 6.92 Å². The molecule has 41 heavy (non-hydrogen) atoms. The van der Waals surface area contributed by atoms with Gasteiger partial charge in [0.25, 0.3) is 10.0 Å². The van der Waals surface area contributed by atoms with E-state index >= 15 is 0 Å². The van der Waals surface area contributed by atoms with Gasteiger partial charge in [-0.15, -0.1) is 0 Å². The van der Waals surface area contributed by atoms with Crippen LogP contribution in [-0.4, -0.2) is 57.4 Å². The molecular formula is C32H39N3O5S. The van der Waals surface area contributed by atoms with Crippen molar-refractivity contribution >= 4 is 27.5 Å². The van der Waals surface area contributed by atoms with Crippen LogP contribution in [0.2, 0.25) is 0 Å². The van der Waals surface area contributed by atoms with Crippen LogP contribution < -0.4 is 14.4 Å². The molecule has 2 amide bonds. The number of nitrogens with zero attached hydrogens (tertiary/aromatic N) is 2. The number of benzene rings is 3. The van der Waals surface area contributed by atoms with Crippen molar-refractivity contribution in [3.05, 3.63) is 90.0 Å². The van der Waals surface area contributed by atoms with Crippen molar-refractivity contribution in [3.63, 3.8) is 0 Å². The molecule has 0 saturated heterocycles. The summed E-state index contributed by atoms with van der Waals surface area (Å²) >= 11 is 0. The number of hydrogen-bond acceptors (Lipinski definition) is 5. The van der Waals surface area contributed by atoms with Crippen molar-refractivity contribution in [1.82, 2.24) is 10.2 Å². The van der Waals surface area contributed by atoms with E-state index in [9.17, 15) is 18.0 Å². The van der Waals surface area contributed by atoms with Crippen LogP contribution in [-0.2, 0) is 26.0 Å². The molecule has 218 valence electrons. The minimum atomic E-state index is -4.13. The molecule has 1 unspecified atom stereocenters. The van der Waals surface area contributed by atoms with E-state index < -0.39 is 28.5 Å². The first-order valence-electron chi connectivity index (χ1n) is 14.1. The Morgan fingerprint density at radius 2 is 1.66 bits per heavy atom. The van der Waals surface area contributed by atoms with Crippen molar-refractivity contribution in [2.24, 2.45) is 0 Å². The van der Waals surface area contributed by atoms with Crippen LogP contribution in [0.5, 0.6) is 5.75 Å². The zero-order valence-electron chi connectivity index (χ0n) is 24.0. The summed E-state index contributed by atoms with van der Waals surface area (Å²) in [5.41, 5.74) is 2.23. The first-order valence-corrected chi connectivity index (χ1v) is 15.5. The van der Waals surface area contributed by atoms with E-state index in [-0.39, 0.29) is 23.4 Å². The summed E-state index contributed by atoms with van der Waals surface area (Å²) in [6.45, 7) is 3.37. The Kier molecular flexibility index (Phi) is 10.0. The van der Waals surface area contributed by atoms with Gasteiger partial charge in [0, 0.05) is 18.7 Å². The Morgan fingerprint density at radius 1 is 0.976 bits per heavy atom. The summed E-state index contributed by atoms with van der Waals surface area (Å²) in [5.74, 6) is -0.231. The summed E-state index contributed by atoms with van der Waals surface area (Å²) in [7, 11) is -2.63. The highest BCUT2D eigenvalue weighted by Crippen LogP contribution is 2.28. The molecule has 0 aromatic heterocycles. The minimum Gasteiger partial charge on any atom is -0.497 e. The fraction of sp³-hybridized carbons (Fsp3) is 0.375. The van der Waals surface area contributed by atoms with Crippen molar-refractivity contribution < 1.29 is 22.7 Å². The number of nitrogens with one attached hydrogen (secondary N) is 1. The lowest BCUT2D eigenvalue weighted by Crippen LogP contribution is -2.53. The second-order valence-electron chi connectivity index (χ2n) is 10.5. The fourth-order valence-corrected chi connectivity index (χ4v) is 6.50. The molecule has 8 nitrogen and oxygen atoms in total. The predicted molar refractivity (Wildman–Crippen MR) is 160 cm³/mol. The maximum absolute atomic E-state index is 14.0. The number of carbonyl (C=O) groups is 2. The molecule has 0 spiro atoms. The third-order valence-corrected chi connectivity index (χ3v) is 9.37. The topological polar surface area (TPSA) is 96.0 Å². The van der Waals surface area contributed by atoms with E-state index in [2.05, 4.69) is 5.32 Å². The lowest BCUT2D eigenvalue weighted by Gasteiger charge is -2.32. The van der Waals surface area contributed by atoms with Gasteiger partial charge in [0.2, 0.25) is 11.8 Å². The van der Waals surface area contributed by atoms with Crippen LogP contribution in [0.1, 0.15) is 43.7 Å². The first-order chi connectivity index (χ1) is 19.7. The molecule has 0 heterocycles. The highest BCUT2D eigenvalue weighted by molar-refractivity contribution is 7.92. The Balaban J connectivity index is 1.66. The second kappa shape index (κ2) is 13.7. The molecule has 4 rings (SSSR count). The molecule has 1 atom stereocenters. The molecule has 1 aliphatic rings. The predicted octanol–water partition coefficient (Wildman–Crippen LogP) is 4.72. The van der Waals surface area contributed by atoms with Gasteiger partial charge < -0.3 is 15.0 Å². The number of ether oxygens (including phenoxy) is 1. The van der Waals surface area contributed by atoms with E-state index in [4.69, 9.17) is 4.74 Å². The monoisotopic (exact) mass is 577 g/mol. The fourth-order valence-electron chi connectivity index (χ4n) is 5.09. The van der Waals surface area contributed by atoms with Crippen molar-refractivity contribution in [2.45, 2.75) is 62.9 Å². The Bertz CT molecular complexity index is 1420. The first kappa shape index (κ1) is 30.1. The summed E-state index contributed by atoms with van der Waals surface area (Å²) < 4.78 is 34.3. The summed E-state index contributed by atoms with van der Waals surface area (Å²) in [6, 6.07) is 22.2. The minimum absolute atomic E-state index is 0.0709. The van der Waals surface area contributed by atoms with E-state index in [0.717, 1.165) is 41.1 Å². The van der Waals surface area contributed by atoms with Gasteiger partial charge in [-0.25, -0.2) is 8.42 Å². The number of sulfonamides is 1. The Morgan fingerprint density at radius 3 is 2.32 bits per heavy atom. The number of anilines is 1. The smallest absolute Gasteiger partial charge is 0.264 e. The number of rotatable bonds is 12. The van der Waals surface area contributed by atoms with E-state index in [1.54, 1.807) is 43.3 Å². The normalized spacial score (nSPS) is 14.3. The summed E-state index contributed by atoms with van der Waals surface area (Å²) in [5, 5.41) is 3.09. The zero-order valence-corrected chi connectivity index (χ0v) is 24.8. The van der Waals surface area contributed by atoms with Crippen molar-refractivity contribution in [1.29, 1.82) is 0 Å². The van der Waals surface area contributed by atoms with Gasteiger partial charge in [0.1, 0.15) is 18.3 Å². The van der Waals surface area contributed by atoms with Gasteiger partial charge in [-0.3, -0.25) is 13.9 Å². The van der Waals surface area contributed by atoms with Gasteiger partial charge in [0.15, 0.2) is 0 Å². The number of hydrogen-bond donors (Lipinski definition) is 1. The average molecular weight is 578 g/mol. The Hall–Kier alpha value is -3.85. The number of methoxy groups -OCH3 is 1. The van der Waals surface area contributed by atoms with Gasteiger partial charge in [0.05, 0.1) is 17.7 Å². The van der Waals surface area contributed by atoms with Crippen LogP contribution in [0.25, 0.3) is 0 Å². The number of aryl methyl sites for hydroxylation is 1. The molecule has 1 saturated carbocycles. The van der Waals surface area contributed by atoms with Crippen LogP contribution in [0.4, 0.5) is 5.69 Å². The largest absolute Gasteiger partial charge is 0.497 e. The Labute approximate surface area is 243 Å². The van der Waals surface area contributed by atoms with Gasteiger partial charge >= 0.3 is 0 Å². The molecule has 3 aromatic carbocycles. The highest BCUT2D eigenvalue weighted by atomic mass is 32.2. The molecular weight excluding hydrogens is 538 g/mol. The highest BCUT2D eigenvalue weighted by Gasteiger charge is 2.33. The van der Waals surface area contributed by atoms with Crippen LogP contribution in [0.15, 0.2) is 83.8 Å². The van der Waals surface area contributed by atoms with Crippen molar-refractivity contribution in [3.8, 4) is 5.75 Å². The average Bonchev–Trinajstić information content (AvgIpc) is 3.49. The third kappa shape index (κ3) is 7.67. The molecule has 0 bridgehead atoms. The van der Waals surface area contributed by atoms with Gasteiger partial charge in [-0.1, -0.05) is 66.9 Å². The lowest BCUT2D eigenvalue weighted by molar-refractivity contribution is -0.139. The lowest BCUT2D eigenvalue weighted by atomic mass is 10.1. The van der Waals surface area contributed by atoms with Crippen molar-refractivity contribution in [2.75, 3.05) is 24.5 Å². The second-order valence-corrected chi connectivity index (χ2v) is 12.4. The maximum Gasteiger partial charge on any atom is 0.264 e. The standard InChI is InChI=1S/C32H39N3O5S/c1-24-16-18-30(19-17-24)41(38,39)35(28-14-9-15-29(22-28)40-3)23-31(36)34(21-20-26-10-5-4-6-11-26)25(2)32(37)33-27-12-7-8-13-27/h4-6,9-11,14-19,22,25,27H,7-8,12-13,20-21,23H2,1-3H3,(H,33,37). The number of carbonyl (C=O) groups excluding carboxylic acids is 2. The summed E-state index contributed by atoms with van der Waals surface area (Å²) in [6.07, 6.45) is 4.52.